The lowest BCUT2D eigenvalue weighted by molar-refractivity contribution is 0.0679. The molecule has 1 unspecified atom stereocenters. The van der Waals surface area contributed by atoms with E-state index in [1.54, 1.807) is 12.1 Å². The molecule has 0 bridgehead atoms. The Morgan fingerprint density at radius 3 is 2.83 bits per heavy atom. The molecule has 2 aromatic rings. The van der Waals surface area contributed by atoms with Gasteiger partial charge in [0, 0.05) is 18.7 Å². The number of nitrogens with one attached hydrogen (secondary N) is 1. The Labute approximate surface area is 142 Å². The van der Waals surface area contributed by atoms with Crippen molar-refractivity contribution in [2.75, 3.05) is 19.8 Å². The second kappa shape index (κ2) is 8.50. The van der Waals surface area contributed by atoms with E-state index in [9.17, 15) is 4.79 Å². The molecule has 0 aliphatic carbocycles. The SMILES string of the molecule is O=C(NCCc1ccccc1)c1cccc(OCC2CCCO2)c1. The Balaban J connectivity index is 1.48. The fourth-order valence-corrected chi connectivity index (χ4v) is 2.76. The van der Waals surface area contributed by atoms with Gasteiger partial charge in [-0.3, -0.25) is 4.79 Å². The van der Waals surface area contributed by atoms with E-state index in [4.69, 9.17) is 9.47 Å². The highest BCUT2D eigenvalue weighted by Crippen LogP contribution is 2.17. The van der Waals surface area contributed by atoms with E-state index in [1.807, 2.05) is 30.3 Å². The van der Waals surface area contributed by atoms with Crippen LogP contribution < -0.4 is 10.1 Å². The van der Waals surface area contributed by atoms with Crippen LogP contribution in [0.3, 0.4) is 0 Å². The van der Waals surface area contributed by atoms with Gasteiger partial charge in [0.2, 0.25) is 0 Å². The summed E-state index contributed by atoms with van der Waals surface area (Å²) in [4.78, 5) is 12.3. The molecule has 1 aliphatic rings. The quantitative estimate of drug-likeness (QED) is 0.850. The topological polar surface area (TPSA) is 47.6 Å². The Hall–Kier alpha value is -2.33. The number of carbonyl (C=O) groups is 1. The van der Waals surface area contributed by atoms with Gasteiger partial charge in [-0.1, -0.05) is 36.4 Å². The summed E-state index contributed by atoms with van der Waals surface area (Å²) in [7, 11) is 0. The van der Waals surface area contributed by atoms with Crippen molar-refractivity contribution in [3.63, 3.8) is 0 Å². The normalized spacial score (nSPS) is 16.8. The molecule has 1 atom stereocenters. The fourth-order valence-electron chi connectivity index (χ4n) is 2.76. The maximum absolute atomic E-state index is 12.3. The smallest absolute Gasteiger partial charge is 0.251 e. The van der Waals surface area contributed by atoms with E-state index in [0.717, 1.165) is 25.9 Å². The fraction of sp³-hybridized carbons (Fsp3) is 0.350. The van der Waals surface area contributed by atoms with Gasteiger partial charge in [0.25, 0.3) is 5.91 Å². The zero-order valence-corrected chi connectivity index (χ0v) is 13.7. The summed E-state index contributed by atoms with van der Waals surface area (Å²) in [5.74, 6) is 0.634. The average molecular weight is 325 g/mol. The van der Waals surface area contributed by atoms with E-state index in [-0.39, 0.29) is 12.0 Å². The standard InChI is InChI=1S/C20H23NO3/c22-20(21-12-11-16-6-2-1-3-7-16)17-8-4-9-18(14-17)24-15-19-10-5-13-23-19/h1-4,6-9,14,19H,5,10-13,15H2,(H,21,22). The van der Waals surface area contributed by atoms with Gasteiger partial charge in [-0.05, 0) is 43.0 Å². The summed E-state index contributed by atoms with van der Waals surface area (Å²) in [5, 5.41) is 2.95. The van der Waals surface area contributed by atoms with Crippen molar-refractivity contribution in [2.24, 2.45) is 0 Å². The van der Waals surface area contributed by atoms with Gasteiger partial charge in [-0.2, -0.15) is 0 Å². The first-order valence-corrected chi connectivity index (χ1v) is 8.48. The molecule has 1 fully saturated rings. The second-order valence-corrected chi connectivity index (χ2v) is 5.97. The Kier molecular flexibility index (Phi) is 5.85. The Morgan fingerprint density at radius 2 is 2.04 bits per heavy atom. The number of hydrogen-bond donors (Lipinski definition) is 1. The van der Waals surface area contributed by atoms with Crippen LogP contribution in [-0.2, 0) is 11.2 Å². The lowest BCUT2D eigenvalue weighted by Gasteiger charge is -2.12. The molecular formula is C20H23NO3. The van der Waals surface area contributed by atoms with Crippen LogP contribution in [0.2, 0.25) is 0 Å². The minimum absolute atomic E-state index is 0.0755. The minimum atomic E-state index is -0.0755. The third kappa shape index (κ3) is 4.83. The van der Waals surface area contributed by atoms with E-state index < -0.39 is 0 Å². The highest BCUT2D eigenvalue weighted by atomic mass is 16.5. The van der Waals surface area contributed by atoms with Crippen molar-refractivity contribution >= 4 is 5.91 Å². The maximum atomic E-state index is 12.3. The first-order valence-electron chi connectivity index (χ1n) is 8.48. The molecule has 0 saturated carbocycles. The summed E-state index contributed by atoms with van der Waals surface area (Å²) in [6.07, 6.45) is 3.13. The number of amides is 1. The Bertz CT molecular complexity index is 651. The molecule has 0 aromatic heterocycles. The van der Waals surface area contributed by atoms with Gasteiger partial charge in [-0.25, -0.2) is 0 Å². The lowest BCUT2D eigenvalue weighted by atomic mass is 10.1. The van der Waals surface area contributed by atoms with E-state index >= 15 is 0 Å². The van der Waals surface area contributed by atoms with Gasteiger partial charge < -0.3 is 14.8 Å². The summed E-state index contributed by atoms with van der Waals surface area (Å²) < 4.78 is 11.3. The minimum Gasteiger partial charge on any atom is -0.491 e. The van der Waals surface area contributed by atoms with Gasteiger partial charge in [0.15, 0.2) is 0 Å². The summed E-state index contributed by atoms with van der Waals surface area (Å²) in [6, 6.07) is 17.4. The van der Waals surface area contributed by atoms with E-state index in [0.29, 0.717) is 24.5 Å². The van der Waals surface area contributed by atoms with Gasteiger partial charge >= 0.3 is 0 Å². The molecule has 24 heavy (non-hydrogen) atoms. The summed E-state index contributed by atoms with van der Waals surface area (Å²) in [5.41, 5.74) is 1.83. The van der Waals surface area contributed by atoms with Crippen molar-refractivity contribution < 1.29 is 14.3 Å². The molecule has 0 spiro atoms. The van der Waals surface area contributed by atoms with Crippen molar-refractivity contribution in [1.82, 2.24) is 5.32 Å². The third-order valence-electron chi connectivity index (χ3n) is 4.10. The van der Waals surface area contributed by atoms with Crippen LogP contribution >= 0.6 is 0 Å². The number of ether oxygens (including phenoxy) is 2. The average Bonchev–Trinajstić information content (AvgIpc) is 3.15. The van der Waals surface area contributed by atoms with Crippen LogP contribution in [0.5, 0.6) is 5.75 Å². The van der Waals surface area contributed by atoms with E-state index in [1.165, 1.54) is 5.56 Å². The molecule has 0 radical (unpaired) electrons. The molecule has 3 rings (SSSR count). The number of benzene rings is 2. The molecular weight excluding hydrogens is 302 g/mol. The molecule has 4 nitrogen and oxygen atoms in total. The summed E-state index contributed by atoms with van der Waals surface area (Å²) in [6.45, 7) is 1.97. The van der Waals surface area contributed by atoms with Gasteiger partial charge in [0.1, 0.15) is 12.4 Å². The summed E-state index contributed by atoms with van der Waals surface area (Å²) >= 11 is 0. The van der Waals surface area contributed by atoms with Crippen molar-refractivity contribution in [3.05, 3.63) is 65.7 Å². The number of hydrogen-bond acceptors (Lipinski definition) is 3. The van der Waals surface area contributed by atoms with Gasteiger partial charge in [0.05, 0.1) is 6.10 Å². The molecule has 4 heteroatoms. The van der Waals surface area contributed by atoms with Crippen LogP contribution in [0, 0.1) is 0 Å². The predicted octanol–water partition coefficient (Wildman–Crippen LogP) is 3.22. The molecule has 1 N–H and O–H groups in total. The second-order valence-electron chi connectivity index (χ2n) is 5.97. The first kappa shape index (κ1) is 16.5. The van der Waals surface area contributed by atoms with Crippen LogP contribution in [0.1, 0.15) is 28.8 Å². The van der Waals surface area contributed by atoms with Crippen LogP contribution in [0.15, 0.2) is 54.6 Å². The molecule has 1 amide bonds. The number of rotatable bonds is 7. The molecule has 1 heterocycles. The van der Waals surface area contributed by atoms with Crippen LogP contribution in [0.4, 0.5) is 0 Å². The van der Waals surface area contributed by atoms with Crippen molar-refractivity contribution in [1.29, 1.82) is 0 Å². The predicted molar refractivity (Wildman–Crippen MR) is 93.4 cm³/mol. The monoisotopic (exact) mass is 325 g/mol. The van der Waals surface area contributed by atoms with Crippen molar-refractivity contribution in [3.8, 4) is 5.75 Å². The number of carbonyl (C=O) groups excluding carboxylic acids is 1. The highest BCUT2D eigenvalue weighted by molar-refractivity contribution is 5.94. The zero-order valence-electron chi connectivity index (χ0n) is 13.7. The molecule has 126 valence electrons. The van der Waals surface area contributed by atoms with Crippen LogP contribution in [-0.4, -0.2) is 31.8 Å². The largest absolute Gasteiger partial charge is 0.491 e. The Morgan fingerprint density at radius 1 is 1.17 bits per heavy atom. The third-order valence-corrected chi connectivity index (χ3v) is 4.10. The van der Waals surface area contributed by atoms with Crippen LogP contribution in [0.25, 0.3) is 0 Å². The molecule has 2 aromatic carbocycles. The highest BCUT2D eigenvalue weighted by Gasteiger charge is 2.16. The molecule has 1 aliphatic heterocycles. The first-order chi connectivity index (χ1) is 11.8. The van der Waals surface area contributed by atoms with Gasteiger partial charge in [-0.15, -0.1) is 0 Å². The zero-order chi connectivity index (χ0) is 16.6. The molecule has 1 saturated heterocycles. The lowest BCUT2D eigenvalue weighted by Crippen LogP contribution is -2.25. The maximum Gasteiger partial charge on any atom is 0.251 e. The van der Waals surface area contributed by atoms with E-state index in [2.05, 4.69) is 17.4 Å². The van der Waals surface area contributed by atoms with Crippen molar-refractivity contribution in [2.45, 2.75) is 25.4 Å².